The first kappa shape index (κ1) is 17.8. The highest BCUT2D eigenvalue weighted by Crippen LogP contribution is 2.24. The summed E-state index contributed by atoms with van der Waals surface area (Å²) in [5.74, 6) is 1.16. The van der Waals surface area contributed by atoms with Crippen LogP contribution in [0.15, 0.2) is 18.3 Å². The van der Waals surface area contributed by atoms with Gasteiger partial charge in [-0.3, -0.25) is 9.69 Å². The van der Waals surface area contributed by atoms with Gasteiger partial charge in [-0.15, -0.1) is 0 Å². The molecule has 0 unspecified atom stereocenters. The van der Waals surface area contributed by atoms with Gasteiger partial charge in [0.25, 0.3) is 5.91 Å². The van der Waals surface area contributed by atoms with Crippen molar-refractivity contribution < 1.29 is 4.79 Å². The van der Waals surface area contributed by atoms with E-state index in [4.69, 9.17) is 0 Å². The summed E-state index contributed by atoms with van der Waals surface area (Å²) in [5, 5.41) is 0. The fraction of sp³-hybridized carbons (Fsp3) is 0.714. The van der Waals surface area contributed by atoms with E-state index in [1.165, 1.54) is 44.9 Å². The fourth-order valence-corrected chi connectivity index (χ4v) is 4.78. The molecule has 0 radical (unpaired) electrons. The lowest BCUT2D eigenvalue weighted by molar-refractivity contribution is 0.0754. The van der Waals surface area contributed by atoms with Crippen LogP contribution in [0.1, 0.15) is 61.7 Å². The molecule has 1 aromatic heterocycles. The Bertz CT molecular complexity index is 591. The second-order valence-electron chi connectivity index (χ2n) is 8.07. The first-order valence-corrected chi connectivity index (χ1v) is 10.6. The van der Waals surface area contributed by atoms with Gasteiger partial charge in [-0.1, -0.05) is 19.3 Å². The molecule has 3 heterocycles. The van der Waals surface area contributed by atoms with E-state index < -0.39 is 0 Å². The minimum atomic E-state index is 0.149. The first-order valence-electron chi connectivity index (χ1n) is 10.6. The molecule has 1 amide bonds. The van der Waals surface area contributed by atoms with Gasteiger partial charge in [0, 0.05) is 51.5 Å². The van der Waals surface area contributed by atoms with Crippen molar-refractivity contribution in [1.82, 2.24) is 14.8 Å². The van der Waals surface area contributed by atoms with Crippen molar-refractivity contribution in [3.05, 3.63) is 23.9 Å². The minimum absolute atomic E-state index is 0.149. The Morgan fingerprint density at radius 3 is 2.38 bits per heavy atom. The molecule has 3 aliphatic rings. The van der Waals surface area contributed by atoms with Crippen molar-refractivity contribution in [1.29, 1.82) is 0 Å². The summed E-state index contributed by atoms with van der Waals surface area (Å²) in [6.07, 6.45) is 12.2. The Morgan fingerprint density at radius 1 is 0.846 bits per heavy atom. The third-order valence-corrected chi connectivity index (χ3v) is 6.33. The number of nitrogens with zero attached hydrogens (tertiary/aromatic N) is 4. The standard InChI is InChI=1S/C21H32N4O/c26-21(18-9-10-20(22-17-18)24-11-4-5-12-24)25-14-6-13-23(15-16-25)19-7-2-1-3-8-19/h9-10,17,19H,1-8,11-16H2. The van der Waals surface area contributed by atoms with Crippen molar-refractivity contribution in [3.8, 4) is 0 Å². The quantitative estimate of drug-likeness (QED) is 0.834. The summed E-state index contributed by atoms with van der Waals surface area (Å²) >= 11 is 0. The van der Waals surface area contributed by atoms with E-state index in [1.54, 1.807) is 6.20 Å². The Labute approximate surface area is 157 Å². The molecule has 0 spiro atoms. The maximum Gasteiger partial charge on any atom is 0.255 e. The second-order valence-corrected chi connectivity index (χ2v) is 8.07. The lowest BCUT2D eigenvalue weighted by Crippen LogP contribution is -2.40. The molecule has 4 rings (SSSR count). The average molecular weight is 357 g/mol. The Morgan fingerprint density at radius 2 is 1.65 bits per heavy atom. The highest BCUT2D eigenvalue weighted by molar-refractivity contribution is 5.94. The largest absolute Gasteiger partial charge is 0.357 e. The molecular weight excluding hydrogens is 324 g/mol. The van der Waals surface area contributed by atoms with Gasteiger partial charge in [-0.25, -0.2) is 4.98 Å². The van der Waals surface area contributed by atoms with Crippen LogP contribution < -0.4 is 4.90 Å². The summed E-state index contributed by atoms with van der Waals surface area (Å²) < 4.78 is 0. The molecule has 2 aliphatic heterocycles. The van der Waals surface area contributed by atoms with Crippen molar-refractivity contribution in [2.45, 2.75) is 57.4 Å². The molecule has 0 aromatic carbocycles. The van der Waals surface area contributed by atoms with Crippen molar-refractivity contribution >= 4 is 11.7 Å². The topological polar surface area (TPSA) is 39.7 Å². The van der Waals surface area contributed by atoms with Gasteiger partial charge >= 0.3 is 0 Å². The number of hydrogen-bond acceptors (Lipinski definition) is 4. The highest BCUT2D eigenvalue weighted by atomic mass is 16.2. The maximum absolute atomic E-state index is 12.9. The average Bonchev–Trinajstić information content (AvgIpc) is 3.13. The van der Waals surface area contributed by atoms with Gasteiger partial charge in [-0.2, -0.15) is 0 Å². The van der Waals surface area contributed by atoms with Gasteiger partial charge in [0.2, 0.25) is 0 Å². The van der Waals surface area contributed by atoms with Crippen LogP contribution in [0.25, 0.3) is 0 Å². The summed E-state index contributed by atoms with van der Waals surface area (Å²) in [5.41, 5.74) is 0.735. The van der Waals surface area contributed by atoms with Crippen LogP contribution in [-0.4, -0.2) is 66.0 Å². The molecule has 1 saturated carbocycles. The van der Waals surface area contributed by atoms with E-state index in [2.05, 4.69) is 14.8 Å². The van der Waals surface area contributed by atoms with Gasteiger partial charge in [0.1, 0.15) is 5.82 Å². The zero-order chi connectivity index (χ0) is 17.8. The van der Waals surface area contributed by atoms with Crippen LogP contribution in [0.5, 0.6) is 0 Å². The van der Waals surface area contributed by atoms with Crippen LogP contribution in [0.2, 0.25) is 0 Å². The van der Waals surface area contributed by atoms with Gasteiger partial charge in [0.15, 0.2) is 0 Å². The molecule has 142 valence electrons. The molecule has 26 heavy (non-hydrogen) atoms. The minimum Gasteiger partial charge on any atom is -0.357 e. The third-order valence-electron chi connectivity index (χ3n) is 6.33. The SMILES string of the molecule is O=C(c1ccc(N2CCCC2)nc1)N1CCCN(C2CCCCC2)CC1. The normalized spacial score (nSPS) is 23.2. The molecule has 1 aliphatic carbocycles. The smallest absolute Gasteiger partial charge is 0.255 e. The van der Waals surface area contributed by atoms with Crippen LogP contribution in [0.4, 0.5) is 5.82 Å². The highest BCUT2D eigenvalue weighted by Gasteiger charge is 2.26. The summed E-state index contributed by atoms with van der Waals surface area (Å²) in [6.45, 7) is 6.06. The van der Waals surface area contributed by atoms with Crippen LogP contribution in [0.3, 0.4) is 0 Å². The van der Waals surface area contributed by atoms with Crippen LogP contribution in [0, 0.1) is 0 Å². The molecule has 3 fully saturated rings. The number of carbonyl (C=O) groups is 1. The molecule has 0 bridgehead atoms. The Hall–Kier alpha value is -1.62. The van der Waals surface area contributed by atoms with Crippen molar-refractivity contribution in [2.24, 2.45) is 0 Å². The van der Waals surface area contributed by atoms with E-state index >= 15 is 0 Å². The number of carbonyl (C=O) groups excluding carboxylic acids is 1. The van der Waals surface area contributed by atoms with Crippen molar-refractivity contribution in [3.63, 3.8) is 0 Å². The molecule has 2 saturated heterocycles. The number of pyridine rings is 1. The lowest BCUT2D eigenvalue weighted by Gasteiger charge is -2.33. The zero-order valence-corrected chi connectivity index (χ0v) is 15.9. The molecule has 5 heteroatoms. The predicted octanol–water partition coefficient (Wildman–Crippen LogP) is 3.16. The van der Waals surface area contributed by atoms with E-state index in [0.717, 1.165) is 63.1 Å². The van der Waals surface area contributed by atoms with Crippen LogP contribution >= 0.6 is 0 Å². The Kier molecular flexibility index (Phi) is 5.73. The molecular formula is C21H32N4O. The van der Waals surface area contributed by atoms with E-state index in [-0.39, 0.29) is 5.91 Å². The molecule has 5 nitrogen and oxygen atoms in total. The number of hydrogen-bond donors (Lipinski definition) is 0. The number of rotatable bonds is 3. The fourth-order valence-electron chi connectivity index (χ4n) is 4.78. The van der Waals surface area contributed by atoms with Gasteiger partial charge < -0.3 is 9.80 Å². The molecule has 0 atom stereocenters. The second kappa shape index (κ2) is 8.38. The van der Waals surface area contributed by atoms with E-state index in [9.17, 15) is 4.79 Å². The van der Waals surface area contributed by atoms with E-state index in [0.29, 0.717) is 0 Å². The number of anilines is 1. The number of aromatic nitrogens is 1. The van der Waals surface area contributed by atoms with E-state index in [1.807, 2.05) is 17.0 Å². The van der Waals surface area contributed by atoms with Gasteiger partial charge in [-0.05, 0) is 44.2 Å². The summed E-state index contributed by atoms with van der Waals surface area (Å²) in [4.78, 5) is 24.5. The van der Waals surface area contributed by atoms with Crippen molar-refractivity contribution in [2.75, 3.05) is 44.2 Å². The summed E-state index contributed by atoms with van der Waals surface area (Å²) in [7, 11) is 0. The zero-order valence-electron chi connectivity index (χ0n) is 15.9. The monoisotopic (exact) mass is 356 g/mol. The predicted molar refractivity (Wildman–Crippen MR) is 105 cm³/mol. The van der Waals surface area contributed by atoms with Gasteiger partial charge in [0.05, 0.1) is 5.56 Å². The maximum atomic E-state index is 12.9. The summed E-state index contributed by atoms with van der Waals surface area (Å²) in [6, 6.07) is 4.73. The lowest BCUT2D eigenvalue weighted by atomic mass is 9.94. The van der Waals surface area contributed by atoms with Crippen LogP contribution in [-0.2, 0) is 0 Å². The Balaban J connectivity index is 1.35. The number of amides is 1. The third kappa shape index (κ3) is 4.03. The molecule has 0 N–H and O–H groups in total. The first-order chi connectivity index (χ1) is 12.8. The molecule has 1 aromatic rings.